The first kappa shape index (κ1) is 20.3. The Kier molecular flexibility index (Phi) is 5.34. The van der Waals surface area contributed by atoms with Crippen LogP contribution in [0, 0.1) is 28.6 Å². The Morgan fingerprint density at radius 2 is 1.62 bits per heavy atom. The second kappa shape index (κ2) is 6.85. The Morgan fingerprint density at radius 3 is 2.27 bits per heavy atom. The number of rotatable bonds is 0. The molecule has 150 valence electrons. The first-order valence-corrected chi connectivity index (χ1v) is 11.1. The monoisotopic (exact) mass is 388 g/mol. The fourth-order valence-electron chi connectivity index (χ4n) is 6.68. The average molecular weight is 389 g/mol. The van der Waals surface area contributed by atoms with Gasteiger partial charge in [0.15, 0.2) is 0 Å². The van der Waals surface area contributed by atoms with Gasteiger partial charge in [-0.3, -0.25) is 9.11 Å². The van der Waals surface area contributed by atoms with E-state index in [1.54, 1.807) is 5.57 Å². The number of hydrogen-bond donors (Lipinski definition) is 4. The quantitative estimate of drug-likeness (QED) is 0.374. The Hall–Kier alpha value is -0.470. The van der Waals surface area contributed by atoms with Gasteiger partial charge in [0.2, 0.25) is 0 Å². The van der Waals surface area contributed by atoms with E-state index < -0.39 is 10.4 Å². The molecule has 4 N–H and O–H groups in total. The third-order valence-corrected chi connectivity index (χ3v) is 8.04. The van der Waals surface area contributed by atoms with Gasteiger partial charge in [-0.2, -0.15) is 8.42 Å². The van der Waals surface area contributed by atoms with Crippen LogP contribution in [0.25, 0.3) is 0 Å². The minimum absolute atomic E-state index is 0.0682. The lowest BCUT2D eigenvalue weighted by molar-refractivity contribution is -0.0761. The lowest BCUT2D eigenvalue weighted by Gasteiger charge is -2.58. The van der Waals surface area contributed by atoms with Crippen molar-refractivity contribution in [1.29, 1.82) is 0 Å². The molecule has 4 aliphatic rings. The zero-order chi connectivity index (χ0) is 19.3. The van der Waals surface area contributed by atoms with Gasteiger partial charge >= 0.3 is 10.4 Å². The van der Waals surface area contributed by atoms with Crippen LogP contribution < -0.4 is 0 Å². The maximum atomic E-state index is 10.5. The summed E-state index contributed by atoms with van der Waals surface area (Å²) >= 11 is 0. The van der Waals surface area contributed by atoms with Gasteiger partial charge in [-0.1, -0.05) is 25.5 Å². The third kappa shape index (κ3) is 3.61. The van der Waals surface area contributed by atoms with E-state index in [4.69, 9.17) is 17.5 Å². The zero-order valence-electron chi connectivity index (χ0n) is 15.6. The normalized spacial score (nSPS) is 47.6. The molecule has 6 nitrogen and oxygen atoms in total. The van der Waals surface area contributed by atoms with Crippen molar-refractivity contribution >= 4 is 10.4 Å². The van der Waals surface area contributed by atoms with Crippen molar-refractivity contribution in [3.8, 4) is 0 Å². The molecule has 0 aromatic heterocycles. The van der Waals surface area contributed by atoms with Gasteiger partial charge in [0, 0.05) is 0 Å². The smallest absolute Gasteiger partial charge is 0.393 e. The van der Waals surface area contributed by atoms with Crippen LogP contribution in [0.2, 0.25) is 0 Å². The summed E-state index contributed by atoms with van der Waals surface area (Å²) in [7, 11) is -4.67. The third-order valence-electron chi connectivity index (χ3n) is 8.04. The van der Waals surface area contributed by atoms with E-state index in [0.29, 0.717) is 5.41 Å². The van der Waals surface area contributed by atoms with Crippen LogP contribution in [0.4, 0.5) is 0 Å². The topological polar surface area (TPSA) is 115 Å². The molecule has 0 spiro atoms. The predicted octanol–water partition coefficient (Wildman–Crippen LogP) is 3.02. The first-order chi connectivity index (χ1) is 11.9. The number of aliphatic hydroxyl groups excluding tert-OH is 2. The minimum atomic E-state index is -4.67. The Morgan fingerprint density at radius 1 is 0.962 bits per heavy atom. The summed E-state index contributed by atoms with van der Waals surface area (Å²) in [4.78, 5) is 0. The molecule has 0 aromatic rings. The highest BCUT2D eigenvalue weighted by atomic mass is 32.3. The molecule has 3 fully saturated rings. The van der Waals surface area contributed by atoms with Gasteiger partial charge in [0.1, 0.15) is 0 Å². The van der Waals surface area contributed by atoms with Crippen LogP contribution in [0.15, 0.2) is 11.6 Å². The average Bonchev–Trinajstić information content (AvgIpc) is 2.82. The zero-order valence-corrected chi connectivity index (χ0v) is 16.5. The van der Waals surface area contributed by atoms with Gasteiger partial charge in [0.05, 0.1) is 12.2 Å². The standard InChI is InChI=1S/C19H30O2.H2O4S/c1-18-9-7-13(20)11-12(18)3-4-14-15-5-6-17(21)19(15,2)10-8-16(14)18;1-5(2,3)4/h11,13-17,20-21H,3-10H2,1-2H3;(H2,1,2,3,4)/t13-,14-,15-,16-,17-,18-,19-;/m0./s1. The van der Waals surface area contributed by atoms with Gasteiger partial charge in [0.25, 0.3) is 0 Å². The van der Waals surface area contributed by atoms with E-state index in [2.05, 4.69) is 19.9 Å². The molecule has 0 aliphatic heterocycles. The van der Waals surface area contributed by atoms with Crippen LogP contribution in [0.3, 0.4) is 0 Å². The van der Waals surface area contributed by atoms with Crippen LogP contribution in [-0.2, 0) is 10.4 Å². The fourth-order valence-corrected chi connectivity index (χ4v) is 6.68. The van der Waals surface area contributed by atoms with E-state index in [1.165, 1.54) is 32.1 Å². The first-order valence-electron chi connectivity index (χ1n) is 9.72. The summed E-state index contributed by atoms with van der Waals surface area (Å²) in [5, 5.41) is 20.4. The van der Waals surface area contributed by atoms with Crippen LogP contribution >= 0.6 is 0 Å². The van der Waals surface area contributed by atoms with Gasteiger partial charge in [-0.15, -0.1) is 0 Å². The summed E-state index contributed by atoms with van der Waals surface area (Å²) in [6.07, 6.45) is 11.2. The molecular weight excluding hydrogens is 356 g/mol. The molecule has 4 rings (SSSR count). The molecule has 0 radical (unpaired) electrons. The van der Waals surface area contributed by atoms with E-state index in [9.17, 15) is 10.2 Å². The number of allylic oxidation sites excluding steroid dienone is 1. The largest absolute Gasteiger partial charge is 0.394 e. The van der Waals surface area contributed by atoms with Crippen molar-refractivity contribution in [2.24, 2.45) is 28.6 Å². The Balaban J connectivity index is 0.000000349. The van der Waals surface area contributed by atoms with Crippen LogP contribution in [0.1, 0.15) is 65.2 Å². The molecule has 0 unspecified atom stereocenters. The predicted molar refractivity (Wildman–Crippen MR) is 97.9 cm³/mol. The maximum absolute atomic E-state index is 10.5. The molecule has 0 saturated heterocycles. The summed E-state index contributed by atoms with van der Waals surface area (Å²) in [6, 6.07) is 0. The number of fused-ring (bicyclic) bond motifs is 5. The van der Waals surface area contributed by atoms with Gasteiger partial charge in [-0.05, 0) is 80.0 Å². The van der Waals surface area contributed by atoms with Crippen molar-refractivity contribution in [3.05, 3.63) is 11.6 Å². The lowest BCUT2D eigenvalue weighted by Crippen LogP contribution is -2.51. The minimum Gasteiger partial charge on any atom is -0.393 e. The summed E-state index contributed by atoms with van der Waals surface area (Å²) < 4.78 is 31.6. The Labute approximate surface area is 156 Å². The maximum Gasteiger partial charge on any atom is 0.394 e. The second-order valence-electron chi connectivity index (χ2n) is 9.22. The van der Waals surface area contributed by atoms with Gasteiger partial charge in [-0.25, -0.2) is 0 Å². The molecule has 0 amide bonds. The fraction of sp³-hybridized carbons (Fsp3) is 0.895. The Bertz CT molecular complexity index is 666. The highest BCUT2D eigenvalue weighted by Crippen LogP contribution is 2.65. The van der Waals surface area contributed by atoms with Crippen LogP contribution in [0.5, 0.6) is 0 Å². The molecule has 7 atom stereocenters. The van der Waals surface area contributed by atoms with Crippen molar-refractivity contribution in [2.45, 2.75) is 77.4 Å². The molecule has 26 heavy (non-hydrogen) atoms. The lowest BCUT2D eigenvalue weighted by atomic mass is 9.47. The molecule has 7 heteroatoms. The molecule has 0 bridgehead atoms. The molecule has 4 aliphatic carbocycles. The van der Waals surface area contributed by atoms with E-state index >= 15 is 0 Å². The van der Waals surface area contributed by atoms with Crippen molar-refractivity contribution in [3.63, 3.8) is 0 Å². The van der Waals surface area contributed by atoms with Crippen LogP contribution in [-0.4, -0.2) is 39.9 Å². The summed E-state index contributed by atoms with van der Waals surface area (Å²) in [5.41, 5.74) is 2.06. The van der Waals surface area contributed by atoms with E-state index in [1.807, 2.05) is 0 Å². The van der Waals surface area contributed by atoms with E-state index in [-0.39, 0.29) is 17.6 Å². The SMILES string of the molecule is C[C@]12CC[C@H]3[C@@H](CCC4=C[C@@H](O)CC[C@@]43C)[C@@H]1CC[C@@H]2O.O=S(=O)(O)O. The second-order valence-corrected chi connectivity index (χ2v) is 10.1. The van der Waals surface area contributed by atoms with Crippen molar-refractivity contribution < 1.29 is 27.7 Å². The summed E-state index contributed by atoms with van der Waals surface area (Å²) in [6.45, 7) is 4.82. The van der Waals surface area contributed by atoms with Crippen molar-refractivity contribution in [2.75, 3.05) is 0 Å². The molecule has 3 saturated carbocycles. The molecule has 0 aromatic carbocycles. The number of aliphatic hydroxyl groups is 2. The van der Waals surface area contributed by atoms with E-state index in [0.717, 1.165) is 37.0 Å². The highest BCUT2D eigenvalue weighted by Gasteiger charge is 2.58. The highest BCUT2D eigenvalue weighted by molar-refractivity contribution is 7.79. The molecular formula is C19H32O6S. The summed E-state index contributed by atoms with van der Waals surface area (Å²) in [5.74, 6) is 2.32. The number of hydrogen-bond acceptors (Lipinski definition) is 4. The van der Waals surface area contributed by atoms with Gasteiger partial charge < -0.3 is 10.2 Å². The molecule has 0 heterocycles. The van der Waals surface area contributed by atoms with Crippen molar-refractivity contribution in [1.82, 2.24) is 0 Å².